The van der Waals surface area contributed by atoms with E-state index >= 15 is 0 Å². The van der Waals surface area contributed by atoms with E-state index in [-0.39, 0.29) is 5.97 Å². The fourth-order valence-corrected chi connectivity index (χ4v) is 1.59. The molecule has 0 saturated heterocycles. The van der Waals surface area contributed by atoms with E-state index in [1.54, 1.807) is 18.3 Å². The number of esters is 1. The lowest BCUT2D eigenvalue weighted by atomic mass is 10.2. The summed E-state index contributed by atoms with van der Waals surface area (Å²) in [6.45, 7) is 6.92. The molecule has 5 nitrogen and oxygen atoms in total. The van der Waals surface area contributed by atoms with Gasteiger partial charge in [0, 0.05) is 25.9 Å². The largest absolute Gasteiger partial charge is 0.465 e. The zero-order valence-electron chi connectivity index (χ0n) is 11.2. The minimum atomic E-state index is -0.348. The van der Waals surface area contributed by atoms with Gasteiger partial charge in [-0.2, -0.15) is 0 Å². The van der Waals surface area contributed by atoms with Gasteiger partial charge in [0.2, 0.25) is 0 Å². The summed E-state index contributed by atoms with van der Waals surface area (Å²) in [5.74, 6) is 0.416. The molecule has 0 amide bonds. The number of likely N-dealkylation sites (N-methyl/N-ethyl adjacent to an activating group) is 1. The van der Waals surface area contributed by atoms with Gasteiger partial charge in [0.25, 0.3) is 0 Å². The van der Waals surface area contributed by atoms with Gasteiger partial charge in [-0.25, -0.2) is 9.78 Å². The number of aromatic nitrogens is 1. The number of nitrogens with zero attached hydrogens (tertiary/aromatic N) is 2. The Hall–Kier alpha value is -1.62. The number of hydrogen-bond acceptors (Lipinski definition) is 5. The summed E-state index contributed by atoms with van der Waals surface area (Å²) in [6, 6.07) is 3.38. The Bertz CT molecular complexity index is 382. The molecule has 0 atom stereocenters. The SMILES string of the molecule is CCOCCN(CC)c1cc(C(=O)OC)ccn1. The van der Waals surface area contributed by atoms with E-state index in [1.165, 1.54) is 7.11 Å². The van der Waals surface area contributed by atoms with Gasteiger partial charge in [0.15, 0.2) is 0 Å². The van der Waals surface area contributed by atoms with Crippen molar-refractivity contribution in [3.05, 3.63) is 23.9 Å². The molecule has 1 rings (SSSR count). The van der Waals surface area contributed by atoms with Crippen molar-refractivity contribution in [1.29, 1.82) is 0 Å². The Labute approximate surface area is 108 Å². The van der Waals surface area contributed by atoms with Crippen LogP contribution in [0.4, 0.5) is 5.82 Å². The molecular formula is C13H20N2O3. The van der Waals surface area contributed by atoms with Crippen LogP contribution in [0.5, 0.6) is 0 Å². The fraction of sp³-hybridized carbons (Fsp3) is 0.538. The van der Waals surface area contributed by atoms with Crippen LogP contribution in [0.3, 0.4) is 0 Å². The number of rotatable bonds is 7. The van der Waals surface area contributed by atoms with Crippen LogP contribution in [0, 0.1) is 0 Å². The van der Waals surface area contributed by atoms with Crippen molar-refractivity contribution < 1.29 is 14.3 Å². The van der Waals surface area contributed by atoms with Crippen molar-refractivity contribution in [3.63, 3.8) is 0 Å². The number of pyridine rings is 1. The van der Waals surface area contributed by atoms with Gasteiger partial charge in [-0.15, -0.1) is 0 Å². The molecule has 0 bridgehead atoms. The molecule has 0 aromatic carbocycles. The molecule has 0 unspecified atom stereocenters. The summed E-state index contributed by atoms with van der Waals surface area (Å²) in [5, 5.41) is 0. The second kappa shape index (κ2) is 7.66. The van der Waals surface area contributed by atoms with E-state index in [1.807, 2.05) is 13.8 Å². The van der Waals surface area contributed by atoms with Gasteiger partial charge in [-0.1, -0.05) is 0 Å². The number of methoxy groups -OCH3 is 1. The monoisotopic (exact) mass is 252 g/mol. The first-order valence-corrected chi connectivity index (χ1v) is 6.10. The molecule has 0 N–H and O–H groups in total. The summed E-state index contributed by atoms with van der Waals surface area (Å²) in [7, 11) is 1.37. The third-order valence-corrected chi connectivity index (χ3v) is 2.58. The first kappa shape index (κ1) is 14.4. The Morgan fingerprint density at radius 3 is 2.83 bits per heavy atom. The molecule has 0 fully saturated rings. The smallest absolute Gasteiger partial charge is 0.338 e. The second-order valence-corrected chi connectivity index (χ2v) is 3.67. The summed E-state index contributed by atoms with van der Waals surface area (Å²) in [5.41, 5.74) is 0.511. The molecule has 18 heavy (non-hydrogen) atoms. The Balaban J connectivity index is 2.76. The molecular weight excluding hydrogens is 232 g/mol. The molecule has 0 aliphatic rings. The standard InChI is InChI=1S/C13H20N2O3/c1-4-15(8-9-18-5-2)12-10-11(6-7-14-12)13(16)17-3/h6-7,10H,4-5,8-9H2,1-3H3. The normalized spacial score (nSPS) is 10.2. The minimum Gasteiger partial charge on any atom is -0.465 e. The summed E-state index contributed by atoms with van der Waals surface area (Å²) >= 11 is 0. The third-order valence-electron chi connectivity index (χ3n) is 2.58. The van der Waals surface area contributed by atoms with Crippen LogP contribution in [0.25, 0.3) is 0 Å². The lowest BCUT2D eigenvalue weighted by molar-refractivity contribution is 0.0600. The highest BCUT2D eigenvalue weighted by Crippen LogP contribution is 2.13. The summed E-state index contributed by atoms with van der Waals surface area (Å²) in [4.78, 5) is 17.8. The molecule has 100 valence electrons. The first-order chi connectivity index (χ1) is 8.72. The van der Waals surface area contributed by atoms with Gasteiger partial charge in [-0.3, -0.25) is 0 Å². The topological polar surface area (TPSA) is 51.7 Å². The van der Waals surface area contributed by atoms with Crippen molar-refractivity contribution in [1.82, 2.24) is 4.98 Å². The molecule has 0 aliphatic carbocycles. The fourth-order valence-electron chi connectivity index (χ4n) is 1.59. The van der Waals surface area contributed by atoms with E-state index in [0.717, 1.165) is 18.9 Å². The molecule has 0 spiro atoms. The zero-order valence-corrected chi connectivity index (χ0v) is 11.2. The molecule has 1 aromatic heterocycles. The van der Waals surface area contributed by atoms with Crippen molar-refractivity contribution in [2.75, 3.05) is 38.3 Å². The van der Waals surface area contributed by atoms with Crippen molar-refractivity contribution >= 4 is 11.8 Å². The van der Waals surface area contributed by atoms with Crippen LogP contribution < -0.4 is 4.90 Å². The predicted molar refractivity (Wildman–Crippen MR) is 70.0 cm³/mol. The second-order valence-electron chi connectivity index (χ2n) is 3.67. The third kappa shape index (κ3) is 4.00. The maximum absolute atomic E-state index is 11.4. The number of ether oxygens (including phenoxy) is 2. The summed E-state index contributed by atoms with van der Waals surface area (Å²) in [6.07, 6.45) is 1.62. The Morgan fingerprint density at radius 1 is 1.44 bits per heavy atom. The number of hydrogen-bond donors (Lipinski definition) is 0. The van der Waals surface area contributed by atoms with Gasteiger partial charge in [0.1, 0.15) is 5.82 Å². The molecule has 5 heteroatoms. The molecule has 0 aliphatic heterocycles. The van der Waals surface area contributed by atoms with E-state index in [4.69, 9.17) is 9.47 Å². The lowest BCUT2D eigenvalue weighted by Crippen LogP contribution is -2.28. The van der Waals surface area contributed by atoms with Crippen LogP contribution in [-0.4, -0.2) is 44.4 Å². The van der Waals surface area contributed by atoms with Crippen LogP contribution in [0.2, 0.25) is 0 Å². The lowest BCUT2D eigenvalue weighted by Gasteiger charge is -2.21. The van der Waals surface area contributed by atoms with Crippen LogP contribution in [0.15, 0.2) is 18.3 Å². The number of anilines is 1. The maximum Gasteiger partial charge on any atom is 0.338 e. The molecule has 0 saturated carbocycles. The quantitative estimate of drug-likeness (QED) is 0.546. The molecule has 0 radical (unpaired) electrons. The van der Waals surface area contributed by atoms with Crippen molar-refractivity contribution in [3.8, 4) is 0 Å². The highest BCUT2D eigenvalue weighted by Gasteiger charge is 2.10. The van der Waals surface area contributed by atoms with Gasteiger partial charge < -0.3 is 14.4 Å². The Morgan fingerprint density at radius 2 is 2.22 bits per heavy atom. The first-order valence-electron chi connectivity index (χ1n) is 6.10. The average Bonchev–Trinajstić information content (AvgIpc) is 2.43. The molecule has 1 aromatic rings. The van der Waals surface area contributed by atoms with Crippen LogP contribution >= 0.6 is 0 Å². The zero-order chi connectivity index (χ0) is 13.4. The van der Waals surface area contributed by atoms with Crippen LogP contribution in [0.1, 0.15) is 24.2 Å². The predicted octanol–water partition coefficient (Wildman–Crippen LogP) is 1.73. The highest BCUT2D eigenvalue weighted by molar-refractivity contribution is 5.90. The number of carbonyl (C=O) groups is 1. The van der Waals surface area contributed by atoms with E-state index in [0.29, 0.717) is 18.8 Å². The van der Waals surface area contributed by atoms with Crippen molar-refractivity contribution in [2.45, 2.75) is 13.8 Å². The van der Waals surface area contributed by atoms with Gasteiger partial charge >= 0.3 is 5.97 Å². The summed E-state index contributed by atoms with van der Waals surface area (Å²) < 4.78 is 10.0. The van der Waals surface area contributed by atoms with Crippen molar-refractivity contribution in [2.24, 2.45) is 0 Å². The average molecular weight is 252 g/mol. The number of carbonyl (C=O) groups excluding carboxylic acids is 1. The minimum absolute atomic E-state index is 0.348. The van der Waals surface area contributed by atoms with Crippen LogP contribution in [-0.2, 0) is 9.47 Å². The van der Waals surface area contributed by atoms with E-state index in [9.17, 15) is 4.79 Å². The molecule has 1 heterocycles. The Kier molecular flexibility index (Phi) is 6.14. The maximum atomic E-state index is 11.4. The van der Waals surface area contributed by atoms with E-state index in [2.05, 4.69) is 9.88 Å². The highest BCUT2D eigenvalue weighted by atomic mass is 16.5. The van der Waals surface area contributed by atoms with Gasteiger partial charge in [0.05, 0.1) is 19.3 Å². The van der Waals surface area contributed by atoms with E-state index < -0.39 is 0 Å². The van der Waals surface area contributed by atoms with Gasteiger partial charge in [-0.05, 0) is 26.0 Å².